The van der Waals surface area contributed by atoms with Gasteiger partial charge in [-0.25, -0.2) is 0 Å². The number of rotatable bonds is 3. The monoisotopic (exact) mass is 384 g/mol. The molecule has 0 saturated carbocycles. The van der Waals surface area contributed by atoms with Gasteiger partial charge in [0.15, 0.2) is 10.5 Å². The van der Waals surface area contributed by atoms with Gasteiger partial charge in [-0.15, -0.1) is 0 Å². The maximum atomic E-state index is 12.6. The Morgan fingerprint density at radius 1 is 1.19 bits per heavy atom. The second-order valence-electron chi connectivity index (χ2n) is 5.45. The van der Waals surface area contributed by atoms with Crippen LogP contribution in [0.15, 0.2) is 51.4 Å². The van der Waals surface area contributed by atoms with Crippen LogP contribution >= 0.6 is 12.2 Å². The Morgan fingerprint density at radius 2 is 1.89 bits per heavy atom. The maximum absolute atomic E-state index is 12.6. The molecule has 2 heterocycles. The van der Waals surface area contributed by atoms with Crippen molar-refractivity contribution < 1.29 is 23.5 Å². The number of amides is 2. The van der Waals surface area contributed by atoms with E-state index in [1.807, 2.05) is 0 Å². The topological polar surface area (TPSA) is 115 Å². The van der Waals surface area contributed by atoms with Crippen LogP contribution < -0.4 is 20.8 Å². The zero-order valence-corrected chi connectivity index (χ0v) is 14.7. The number of thiocarbonyl (C=S) groups is 1. The largest absolute Gasteiger partial charge is 0.463 e. The molecule has 1 aromatic heterocycles. The van der Waals surface area contributed by atoms with E-state index in [0.29, 0.717) is 5.58 Å². The summed E-state index contributed by atoms with van der Waals surface area (Å²) >= 11 is 4.71. The lowest BCUT2D eigenvalue weighted by Crippen LogP contribution is -2.51. The Hall–Kier alpha value is -3.59. The summed E-state index contributed by atoms with van der Waals surface area (Å²) in [5.74, 6) is -1.56. The number of carbonyl (C=O) groups excluding carboxylic acids is 3. The van der Waals surface area contributed by atoms with E-state index in [0.717, 1.165) is 0 Å². The minimum absolute atomic E-state index is 0.0649. The average Bonchev–Trinajstić information content (AvgIpc) is 2.59. The first-order valence-electron chi connectivity index (χ1n) is 7.64. The molecular formula is C18H12N2O6S. The van der Waals surface area contributed by atoms with Crippen molar-refractivity contribution in [2.45, 2.75) is 6.92 Å². The Balaban J connectivity index is 1.92. The van der Waals surface area contributed by atoms with Gasteiger partial charge in [0.2, 0.25) is 0 Å². The van der Waals surface area contributed by atoms with E-state index >= 15 is 0 Å². The van der Waals surface area contributed by atoms with Crippen molar-refractivity contribution in [3.63, 3.8) is 0 Å². The molecule has 2 amide bonds. The smallest absolute Gasteiger partial charge is 0.308 e. The molecule has 0 atom stereocenters. The van der Waals surface area contributed by atoms with Gasteiger partial charge in [0.1, 0.15) is 23.2 Å². The second-order valence-corrected chi connectivity index (χ2v) is 5.86. The number of ether oxygens (including phenoxy) is 1. The molecule has 8 nitrogen and oxygen atoms in total. The van der Waals surface area contributed by atoms with E-state index in [1.165, 1.54) is 49.6 Å². The Kier molecular flexibility index (Phi) is 4.95. The first-order valence-corrected chi connectivity index (χ1v) is 8.05. The second kappa shape index (κ2) is 7.34. The SMILES string of the molecule is CC(=O)Oc1ccc2occ(C=CC=C3C(=O)NC(=S)NC3=O)c(=O)c2c1. The molecule has 136 valence electrons. The Labute approximate surface area is 157 Å². The minimum Gasteiger partial charge on any atom is -0.463 e. The number of carbonyl (C=O) groups is 3. The van der Waals surface area contributed by atoms with E-state index in [1.54, 1.807) is 0 Å². The van der Waals surface area contributed by atoms with Gasteiger partial charge < -0.3 is 9.15 Å². The van der Waals surface area contributed by atoms with Gasteiger partial charge in [0, 0.05) is 6.92 Å². The molecule has 27 heavy (non-hydrogen) atoms. The lowest BCUT2D eigenvalue weighted by molar-refractivity contribution is -0.132. The van der Waals surface area contributed by atoms with Gasteiger partial charge in [-0.1, -0.05) is 6.08 Å². The summed E-state index contributed by atoms with van der Waals surface area (Å²) in [7, 11) is 0. The summed E-state index contributed by atoms with van der Waals surface area (Å²) < 4.78 is 10.4. The highest BCUT2D eigenvalue weighted by Crippen LogP contribution is 2.19. The van der Waals surface area contributed by atoms with Crippen LogP contribution in [-0.2, 0) is 14.4 Å². The number of fused-ring (bicyclic) bond motifs is 1. The Bertz CT molecular complexity index is 1090. The van der Waals surface area contributed by atoms with Crippen LogP contribution in [0.3, 0.4) is 0 Å². The summed E-state index contributed by atoms with van der Waals surface area (Å²) in [5.41, 5.74) is -0.00164. The van der Waals surface area contributed by atoms with E-state index < -0.39 is 17.8 Å². The third-order valence-electron chi connectivity index (χ3n) is 3.51. The number of nitrogens with one attached hydrogen (secondary N) is 2. The molecular weight excluding hydrogens is 372 g/mol. The minimum atomic E-state index is -0.634. The third kappa shape index (κ3) is 3.98. The molecule has 1 aromatic carbocycles. The van der Waals surface area contributed by atoms with Crippen molar-refractivity contribution in [1.29, 1.82) is 0 Å². The third-order valence-corrected chi connectivity index (χ3v) is 3.72. The van der Waals surface area contributed by atoms with Crippen molar-refractivity contribution in [1.82, 2.24) is 10.6 Å². The average molecular weight is 384 g/mol. The van der Waals surface area contributed by atoms with Crippen molar-refractivity contribution in [3.8, 4) is 5.75 Å². The number of esters is 1. The van der Waals surface area contributed by atoms with Gasteiger partial charge >= 0.3 is 5.97 Å². The highest BCUT2D eigenvalue weighted by atomic mass is 32.1. The van der Waals surface area contributed by atoms with Gasteiger partial charge in [0.25, 0.3) is 11.8 Å². The molecule has 1 fully saturated rings. The Morgan fingerprint density at radius 3 is 2.56 bits per heavy atom. The van der Waals surface area contributed by atoms with Crippen LogP contribution in [0.2, 0.25) is 0 Å². The number of allylic oxidation sites excluding steroid dienone is 2. The van der Waals surface area contributed by atoms with E-state index in [9.17, 15) is 19.2 Å². The van der Waals surface area contributed by atoms with Gasteiger partial charge in [0.05, 0.1) is 10.9 Å². The highest BCUT2D eigenvalue weighted by Gasteiger charge is 2.24. The fourth-order valence-corrected chi connectivity index (χ4v) is 2.53. The predicted octanol–water partition coefficient (Wildman–Crippen LogP) is 1.19. The van der Waals surface area contributed by atoms with Gasteiger partial charge in [-0.05, 0) is 42.6 Å². The molecule has 0 bridgehead atoms. The van der Waals surface area contributed by atoms with Crippen molar-refractivity contribution in [3.05, 3.63) is 58.0 Å². The van der Waals surface area contributed by atoms with Gasteiger partial charge in [-0.2, -0.15) is 0 Å². The lowest BCUT2D eigenvalue weighted by atomic mass is 10.1. The van der Waals surface area contributed by atoms with Crippen molar-refractivity contribution in [2.24, 2.45) is 0 Å². The molecule has 9 heteroatoms. The molecule has 1 saturated heterocycles. The molecule has 0 spiro atoms. The van der Waals surface area contributed by atoms with E-state index in [4.69, 9.17) is 21.4 Å². The molecule has 3 rings (SSSR count). The van der Waals surface area contributed by atoms with Crippen LogP contribution in [0.1, 0.15) is 12.5 Å². The maximum Gasteiger partial charge on any atom is 0.308 e. The molecule has 2 N–H and O–H groups in total. The normalized spacial score (nSPS) is 14.3. The first kappa shape index (κ1) is 18.2. The van der Waals surface area contributed by atoms with Crippen molar-refractivity contribution in [2.75, 3.05) is 0 Å². The summed E-state index contributed by atoms with van der Waals surface area (Å²) in [5, 5.41) is 4.76. The molecule has 0 unspecified atom stereocenters. The van der Waals surface area contributed by atoms with Crippen LogP contribution in [0.25, 0.3) is 17.0 Å². The standard InChI is InChI=1S/C18H12N2O6S/c1-9(21)26-11-5-6-14-13(7-11)15(22)10(8-25-14)3-2-4-12-16(23)19-18(27)20-17(12)24/h2-8H,1H3,(H2,19,20,23,24,27). The summed E-state index contributed by atoms with van der Waals surface area (Å²) in [4.78, 5) is 47.1. The van der Waals surface area contributed by atoms with E-state index in [2.05, 4.69) is 10.6 Å². The molecule has 1 aliphatic rings. The van der Waals surface area contributed by atoms with Gasteiger partial charge in [-0.3, -0.25) is 29.8 Å². The van der Waals surface area contributed by atoms with Crippen LogP contribution in [0.5, 0.6) is 5.75 Å². The van der Waals surface area contributed by atoms with Crippen LogP contribution in [0, 0.1) is 0 Å². The fourth-order valence-electron chi connectivity index (χ4n) is 2.34. The highest BCUT2D eigenvalue weighted by molar-refractivity contribution is 7.80. The number of hydrogen-bond acceptors (Lipinski definition) is 7. The zero-order chi connectivity index (χ0) is 19.6. The number of hydrogen-bond donors (Lipinski definition) is 2. The quantitative estimate of drug-likeness (QED) is 0.269. The summed E-state index contributed by atoms with van der Waals surface area (Å²) in [6.45, 7) is 1.25. The summed E-state index contributed by atoms with van der Waals surface area (Å²) in [6.07, 6.45) is 5.27. The molecule has 0 radical (unpaired) electrons. The van der Waals surface area contributed by atoms with Crippen LogP contribution in [0.4, 0.5) is 0 Å². The molecule has 1 aliphatic heterocycles. The first-order chi connectivity index (χ1) is 12.8. The zero-order valence-electron chi connectivity index (χ0n) is 13.9. The van der Waals surface area contributed by atoms with Crippen molar-refractivity contribution >= 4 is 52.2 Å². The number of benzene rings is 1. The lowest BCUT2D eigenvalue weighted by Gasteiger charge is -2.15. The van der Waals surface area contributed by atoms with Crippen LogP contribution in [-0.4, -0.2) is 22.9 Å². The molecule has 2 aromatic rings. The summed E-state index contributed by atoms with van der Waals surface area (Å²) in [6, 6.07) is 4.43. The predicted molar refractivity (Wildman–Crippen MR) is 99.8 cm³/mol. The fraction of sp³-hybridized carbons (Fsp3) is 0.0556. The molecule has 0 aliphatic carbocycles. The van der Waals surface area contributed by atoms with E-state index in [-0.39, 0.29) is 32.8 Å².